The SMILES string of the molecule is Cc1cc(Cn2ccc(C(=O)c3cncnc3N=C3CCC(COS(N)(=O)=O)C3)n2)ccc1F. The summed E-state index contributed by atoms with van der Waals surface area (Å²) in [7, 11) is -3.99. The Balaban J connectivity index is 1.48. The van der Waals surface area contributed by atoms with Crippen LogP contribution in [0.1, 0.15) is 46.4 Å². The lowest BCUT2D eigenvalue weighted by molar-refractivity contribution is 0.103. The highest BCUT2D eigenvalue weighted by Gasteiger charge is 2.24. The molecule has 2 heterocycles. The number of benzene rings is 1. The first-order valence-electron chi connectivity index (χ1n) is 10.5. The van der Waals surface area contributed by atoms with E-state index in [2.05, 4.69) is 24.2 Å². The van der Waals surface area contributed by atoms with Crippen LogP contribution in [-0.4, -0.2) is 46.3 Å². The van der Waals surface area contributed by atoms with E-state index in [9.17, 15) is 17.6 Å². The highest BCUT2D eigenvalue weighted by atomic mass is 32.2. The fourth-order valence-corrected chi connectivity index (χ4v) is 4.15. The zero-order valence-corrected chi connectivity index (χ0v) is 19.2. The number of nitrogens with two attached hydrogens (primary N) is 1. The maximum atomic E-state index is 13.5. The van der Waals surface area contributed by atoms with Gasteiger partial charge in [-0.2, -0.15) is 13.5 Å². The van der Waals surface area contributed by atoms with Gasteiger partial charge in [-0.3, -0.25) is 13.7 Å². The van der Waals surface area contributed by atoms with Crippen molar-refractivity contribution < 1.29 is 21.8 Å². The monoisotopic (exact) mass is 486 g/mol. The van der Waals surface area contributed by atoms with Crippen molar-refractivity contribution >= 4 is 27.6 Å². The van der Waals surface area contributed by atoms with Crippen molar-refractivity contribution in [2.24, 2.45) is 16.0 Å². The number of ketones is 1. The van der Waals surface area contributed by atoms with E-state index in [4.69, 9.17) is 5.14 Å². The Bertz CT molecular complexity index is 1350. The molecule has 178 valence electrons. The first-order chi connectivity index (χ1) is 16.2. The molecule has 0 radical (unpaired) electrons. The molecule has 3 aromatic rings. The van der Waals surface area contributed by atoms with E-state index in [0.29, 0.717) is 31.4 Å². The first kappa shape index (κ1) is 23.8. The van der Waals surface area contributed by atoms with Crippen molar-refractivity contribution in [3.8, 4) is 0 Å². The van der Waals surface area contributed by atoms with E-state index in [1.807, 2.05) is 0 Å². The number of aliphatic imine (C=N–C) groups is 1. The molecule has 1 fully saturated rings. The van der Waals surface area contributed by atoms with Gasteiger partial charge in [-0.15, -0.1) is 0 Å². The zero-order valence-electron chi connectivity index (χ0n) is 18.4. The molecule has 12 heteroatoms. The molecule has 1 aliphatic carbocycles. The first-order valence-corrected chi connectivity index (χ1v) is 12.0. The van der Waals surface area contributed by atoms with E-state index in [0.717, 1.165) is 11.3 Å². The fraction of sp³-hybridized carbons (Fsp3) is 0.318. The minimum absolute atomic E-state index is 0.0154. The number of halogens is 1. The van der Waals surface area contributed by atoms with Crippen LogP contribution in [-0.2, 0) is 21.0 Å². The van der Waals surface area contributed by atoms with Crippen molar-refractivity contribution in [3.05, 3.63) is 71.2 Å². The van der Waals surface area contributed by atoms with Gasteiger partial charge in [0.05, 0.1) is 18.7 Å². The largest absolute Gasteiger partial charge is 0.333 e. The molecule has 0 spiro atoms. The van der Waals surface area contributed by atoms with Crippen LogP contribution in [0, 0.1) is 18.7 Å². The zero-order chi connectivity index (χ0) is 24.3. The van der Waals surface area contributed by atoms with Gasteiger partial charge in [-0.25, -0.2) is 24.5 Å². The van der Waals surface area contributed by atoms with Crippen LogP contribution < -0.4 is 5.14 Å². The highest BCUT2D eigenvalue weighted by Crippen LogP contribution is 2.27. The predicted molar refractivity (Wildman–Crippen MR) is 121 cm³/mol. The summed E-state index contributed by atoms with van der Waals surface area (Å²) in [6, 6.07) is 6.41. The van der Waals surface area contributed by atoms with Gasteiger partial charge in [0.15, 0.2) is 5.82 Å². The molecule has 2 aromatic heterocycles. The normalized spacial score (nSPS) is 17.4. The van der Waals surface area contributed by atoms with Crippen molar-refractivity contribution in [1.82, 2.24) is 19.7 Å². The number of nitrogens with zero attached hydrogens (tertiary/aromatic N) is 5. The topological polar surface area (TPSA) is 142 Å². The lowest BCUT2D eigenvalue weighted by Crippen LogP contribution is -2.19. The summed E-state index contributed by atoms with van der Waals surface area (Å²) < 4.78 is 41.8. The van der Waals surface area contributed by atoms with E-state index in [1.54, 1.807) is 36.0 Å². The third-order valence-corrected chi connectivity index (χ3v) is 5.94. The molecule has 1 saturated carbocycles. The maximum Gasteiger partial charge on any atom is 0.333 e. The molecule has 1 aliphatic rings. The van der Waals surface area contributed by atoms with Gasteiger partial charge in [0.1, 0.15) is 17.8 Å². The van der Waals surface area contributed by atoms with Crippen molar-refractivity contribution in [2.75, 3.05) is 6.61 Å². The minimum Gasteiger partial charge on any atom is -0.287 e. The molecule has 1 atom stereocenters. The highest BCUT2D eigenvalue weighted by molar-refractivity contribution is 7.84. The van der Waals surface area contributed by atoms with Gasteiger partial charge in [0.2, 0.25) is 5.78 Å². The number of aryl methyl sites for hydroxylation is 1. The van der Waals surface area contributed by atoms with Crippen LogP contribution in [0.25, 0.3) is 0 Å². The van der Waals surface area contributed by atoms with Crippen molar-refractivity contribution in [3.63, 3.8) is 0 Å². The number of hydrogen-bond acceptors (Lipinski definition) is 8. The van der Waals surface area contributed by atoms with E-state index in [1.165, 1.54) is 18.6 Å². The van der Waals surface area contributed by atoms with E-state index < -0.39 is 10.3 Å². The average Bonchev–Trinajstić information content (AvgIpc) is 3.44. The number of carbonyl (C=O) groups is 1. The van der Waals surface area contributed by atoms with Gasteiger partial charge in [-0.1, -0.05) is 12.1 Å². The third-order valence-electron chi connectivity index (χ3n) is 5.47. The molecule has 1 unspecified atom stereocenters. The lowest BCUT2D eigenvalue weighted by Gasteiger charge is -2.07. The lowest BCUT2D eigenvalue weighted by atomic mass is 10.1. The van der Waals surface area contributed by atoms with Gasteiger partial charge in [-0.05, 0) is 55.4 Å². The van der Waals surface area contributed by atoms with Crippen LogP contribution in [0.3, 0.4) is 0 Å². The number of rotatable bonds is 8. The van der Waals surface area contributed by atoms with Crippen molar-refractivity contribution in [1.29, 1.82) is 0 Å². The molecule has 0 amide bonds. The van der Waals surface area contributed by atoms with Crippen molar-refractivity contribution in [2.45, 2.75) is 32.7 Å². The Kier molecular flexibility index (Phi) is 6.91. The van der Waals surface area contributed by atoms with Gasteiger partial charge < -0.3 is 0 Å². The summed E-state index contributed by atoms with van der Waals surface area (Å²) >= 11 is 0. The second-order valence-corrected chi connectivity index (χ2v) is 9.36. The Labute approximate surface area is 196 Å². The Morgan fingerprint density at radius 2 is 2.18 bits per heavy atom. The van der Waals surface area contributed by atoms with E-state index >= 15 is 0 Å². The summed E-state index contributed by atoms with van der Waals surface area (Å²) in [5.74, 6) is -0.458. The maximum absolute atomic E-state index is 13.5. The molecule has 0 bridgehead atoms. The Morgan fingerprint density at radius 1 is 1.35 bits per heavy atom. The molecule has 4 rings (SSSR count). The quantitative estimate of drug-likeness (QED) is 0.482. The van der Waals surface area contributed by atoms with Crippen LogP contribution >= 0.6 is 0 Å². The minimum atomic E-state index is -3.99. The molecule has 0 saturated heterocycles. The summed E-state index contributed by atoms with van der Waals surface area (Å²) in [6.07, 6.45) is 6.21. The third kappa shape index (κ3) is 5.95. The Morgan fingerprint density at radius 3 is 2.94 bits per heavy atom. The summed E-state index contributed by atoms with van der Waals surface area (Å²) in [4.78, 5) is 25.8. The Hall–Kier alpha value is -3.35. The van der Waals surface area contributed by atoms with Crippen LogP contribution in [0.2, 0.25) is 0 Å². The molecule has 0 aliphatic heterocycles. The standard InChI is InChI=1S/C22H23FN6O4S/c1-14-8-15(3-5-19(14)23)11-29-7-6-20(28-29)21(30)18-10-25-13-26-22(18)27-17-4-2-16(9-17)12-33-34(24,31)32/h3,5-8,10,13,16H,2,4,9,11-12H2,1H3,(H2,24,31,32). The van der Waals surface area contributed by atoms with Crippen LogP contribution in [0.15, 0.2) is 48.0 Å². The second-order valence-electron chi connectivity index (χ2n) is 8.14. The number of carbonyl (C=O) groups excluding carboxylic acids is 1. The molecular weight excluding hydrogens is 463 g/mol. The van der Waals surface area contributed by atoms with Gasteiger partial charge in [0.25, 0.3) is 0 Å². The molecule has 10 nitrogen and oxygen atoms in total. The second kappa shape index (κ2) is 9.87. The van der Waals surface area contributed by atoms with Gasteiger partial charge in [0, 0.05) is 18.1 Å². The molecule has 1 aromatic carbocycles. The number of hydrogen-bond donors (Lipinski definition) is 1. The molecule has 2 N–H and O–H groups in total. The smallest absolute Gasteiger partial charge is 0.287 e. The van der Waals surface area contributed by atoms with Gasteiger partial charge >= 0.3 is 10.3 Å². The fourth-order valence-electron chi connectivity index (χ4n) is 3.77. The summed E-state index contributed by atoms with van der Waals surface area (Å²) in [5.41, 5.74) is 2.60. The van der Waals surface area contributed by atoms with Crippen LogP contribution in [0.4, 0.5) is 10.2 Å². The predicted octanol–water partition coefficient (Wildman–Crippen LogP) is 2.49. The molecular formula is C22H23FN6O4S. The summed E-state index contributed by atoms with van der Waals surface area (Å²) in [5, 5.41) is 9.23. The van der Waals surface area contributed by atoms with E-state index in [-0.39, 0.29) is 41.2 Å². The number of aromatic nitrogens is 4. The average molecular weight is 487 g/mol. The molecule has 34 heavy (non-hydrogen) atoms. The van der Waals surface area contributed by atoms with Crippen LogP contribution in [0.5, 0.6) is 0 Å². The summed E-state index contributed by atoms with van der Waals surface area (Å²) in [6.45, 7) is 2.06.